The molecule has 1 aliphatic carbocycles. The normalized spacial score (nSPS) is 19.2. The second-order valence-electron chi connectivity index (χ2n) is 6.67. The molecule has 0 bridgehead atoms. The van der Waals surface area contributed by atoms with E-state index in [-0.39, 0.29) is 17.3 Å². The van der Waals surface area contributed by atoms with Gasteiger partial charge >= 0.3 is 6.03 Å². The summed E-state index contributed by atoms with van der Waals surface area (Å²) in [4.78, 5) is 48.4. The number of anilines is 1. The largest absolute Gasteiger partial charge is 0.325 e. The zero-order valence-electron chi connectivity index (χ0n) is 14.2. The number of rotatable bonds is 4. The Kier molecular flexibility index (Phi) is 4.88. The average molecular weight is 360 g/mol. The van der Waals surface area contributed by atoms with Gasteiger partial charge in [0.2, 0.25) is 5.91 Å². The van der Waals surface area contributed by atoms with Gasteiger partial charge < -0.3 is 10.6 Å². The molecule has 0 unspecified atom stereocenters. The van der Waals surface area contributed by atoms with Crippen molar-refractivity contribution >= 4 is 29.2 Å². The predicted molar refractivity (Wildman–Crippen MR) is 92.4 cm³/mol. The Bertz CT molecular complexity index is 755. The number of urea groups is 1. The maximum atomic E-state index is 12.8. The summed E-state index contributed by atoms with van der Waals surface area (Å²) >= 11 is 0. The zero-order chi connectivity index (χ0) is 18.7. The lowest BCUT2D eigenvalue weighted by molar-refractivity contribution is -0.384. The average Bonchev–Trinajstić information content (AvgIpc) is 2.77. The van der Waals surface area contributed by atoms with Gasteiger partial charge in [0.25, 0.3) is 11.6 Å². The molecule has 0 radical (unpaired) electrons. The molecule has 2 N–H and O–H groups in total. The van der Waals surface area contributed by atoms with Crippen molar-refractivity contribution < 1.29 is 19.3 Å². The topological polar surface area (TPSA) is 122 Å². The number of amides is 4. The van der Waals surface area contributed by atoms with Gasteiger partial charge in [0.05, 0.1) is 4.92 Å². The summed E-state index contributed by atoms with van der Waals surface area (Å²) in [6.07, 6.45) is 4.94. The summed E-state index contributed by atoms with van der Waals surface area (Å²) < 4.78 is 0. The SMILES string of the molecule is O=C(CN1C(=O)NC2(CCCCCC2)C1=O)Nc1cccc([N+](=O)[O-])c1. The summed E-state index contributed by atoms with van der Waals surface area (Å²) in [7, 11) is 0. The summed E-state index contributed by atoms with van der Waals surface area (Å²) in [5, 5.41) is 16.1. The molecule has 26 heavy (non-hydrogen) atoms. The number of nitro benzene ring substituents is 1. The van der Waals surface area contributed by atoms with E-state index in [4.69, 9.17) is 0 Å². The van der Waals surface area contributed by atoms with Crippen LogP contribution in [0.2, 0.25) is 0 Å². The highest BCUT2D eigenvalue weighted by molar-refractivity contribution is 6.10. The van der Waals surface area contributed by atoms with Gasteiger partial charge in [-0.2, -0.15) is 0 Å². The molecule has 2 fully saturated rings. The van der Waals surface area contributed by atoms with Crippen LogP contribution in [0.4, 0.5) is 16.2 Å². The number of carbonyl (C=O) groups is 3. The first-order valence-corrected chi connectivity index (χ1v) is 8.60. The van der Waals surface area contributed by atoms with Crippen LogP contribution in [0.25, 0.3) is 0 Å². The molecule has 1 heterocycles. The highest BCUT2D eigenvalue weighted by atomic mass is 16.6. The molecule has 2 aliphatic rings. The third-order valence-electron chi connectivity index (χ3n) is 4.85. The first-order valence-electron chi connectivity index (χ1n) is 8.60. The molecule has 1 spiro atoms. The second kappa shape index (κ2) is 7.11. The van der Waals surface area contributed by atoms with Gasteiger partial charge in [-0.05, 0) is 18.9 Å². The Labute approximate surface area is 149 Å². The van der Waals surface area contributed by atoms with Crippen LogP contribution in [0.15, 0.2) is 24.3 Å². The van der Waals surface area contributed by atoms with Gasteiger partial charge in [-0.3, -0.25) is 24.6 Å². The number of imide groups is 1. The molecule has 9 heteroatoms. The van der Waals surface area contributed by atoms with Crippen molar-refractivity contribution in [3.05, 3.63) is 34.4 Å². The fourth-order valence-corrected chi connectivity index (χ4v) is 3.53. The van der Waals surface area contributed by atoms with Gasteiger partial charge in [-0.25, -0.2) is 4.79 Å². The molecule has 0 atom stereocenters. The van der Waals surface area contributed by atoms with E-state index in [1.807, 2.05) is 0 Å². The minimum atomic E-state index is -0.889. The summed E-state index contributed by atoms with van der Waals surface area (Å²) in [5.74, 6) is -0.946. The lowest BCUT2D eigenvalue weighted by atomic mass is 9.90. The van der Waals surface area contributed by atoms with Crippen LogP contribution in [-0.2, 0) is 9.59 Å². The Hall–Kier alpha value is -2.97. The summed E-state index contributed by atoms with van der Waals surface area (Å²) in [6.45, 7) is -0.422. The van der Waals surface area contributed by atoms with E-state index < -0.39 is 28.9 Å². The Morgan fingerprint density at radius 2 is 1.92 bits per heavy atom. The van der Waals surface area contributed by atoms with Crippen LogP contribution in [0.5, 0.6) is 0 Å². The number of nitrogens with one attached hydrogen (secondary N) is 2. The van der Waals surface area contributed by atoms with Gasteiger partial charge in [-0.1, -0.05) is 31.7 Å². The first kappa shape index (κ1) is 17.8. The maximum Gasteiger partial charge on any atom is 0.325 e. The number of nitrogens with zero attached hydrogens (tertiary/aromatic N) is 2. The molecule has 1 saturated heterocycles. The highest BCUT2D eigenvalue weighted by Gasteiger charge is 2.51. The van der Waals surface area contributed by atoms with Crippen LogP contribution < -0.4 is 10.6 Å². The molecular weight excluding hydrogens is 340 g/mol. The molecule has 1 aromatic carbocycles. The predicted octanol–water partition coefficient (Wildman–Crippen LogP) is 2.18. The quantitative estimate of drug-likeness (QED) is 0.484. The van der Waals surface area contributed by atoms with E-state index in [0.29, 0.717) is 12.8 Å². The minimum absolute atomic E-state index is 0.157. The molecule has 1 aromatic rings. The Morgan fingerprint density at radius 3 is 2.58 bits per heavy atom. The van der Waals surface area contributed by atoms with Crippen molar-refractivity contribution in [2.24, 2.45) is 0 Å². The fraction of sp³-hybridized carbons (Fsp3) is 0.471. The van der Waals surface area contributed by atoms with Crippen LogP contribution in [-0.4, -0.2) is 39.8 Å². The van der Waals surface area contributed by atoms with Gasteiger partial charge in [0, 0.05) is 17.8 Å². The third-order valence-corrected chi connectivity index (χ3v) is 4.85. The molecule has 138 valence electrons. The molecular formula is C17H20N4O5. The van der Waals surface area contributed by atoms with Crippen LogP contribution in [0, 0.1) is 10.1 Å². The van der Waals surface area contributed by atoms with Crippen molar-refractivity contribution in [1.82, 2.24) is 10.2 Å². The van der Waals surface area contributed by atoms with Crippen molar-refractivity contribution in [2.75, 3.05) is 11.9 Å². The number of hydrogen-bond acceptors (Lipinski definition) is 5. The van der Waals surface area contributed by atoms with Crippen LogP contribution in [0.1, 0.15) is 38.5 Å². The van der Waals surface area contributed by atoms with E-state index >= 15 is 0 Å². The monoisotopic (exact) mass is 360 g/mol. The lowest BCUT2D eigenvalue weighted by Gasteiger charge is -2.24. The lowest BCUT2D eigenvalue weighted by Crippen LogP contribution is -2.47. The highest BCUT2D eigenvalue weighted by Crippen LogP contribution is 2.32. The number of carbonyl (C=O) groups excluding carboxylic acids is 3. The Balaban J connectivity index is 1.67. The van der Waals surface area contributed by atoms with E-state index in [2.05, 4.69) is 10.6 Å². The fourth-order valence-electron chi connectivity index (χ4n) is 3.53. The third kappa shape index (κ3) is 3.51. The van der Waals surface area contributed by atoms with Crippen molar-refractivity contribution in [3.8, 4) is 0 Å². The molecule has 1 saturated carbocycles. The zero-order valence-corrected chi connectivity index (χ0v) is 14.2. The molecule has 9 nitrogen and oxygen atoms in total. The van der Waals surface area contributed by atoms with E-state index in [9.17, 15) is 24.5 Å². The van der Waals surface area contributed by atoms with Crippen LogP contribution in [0.3, 0.4) is 0 Å². The van der Waals surface area contributed by atoms with Crippen molar-refractivity contribution in [3.63, 3.8) is 0 Å². The number of hydrogen-bond donors (Lipinski definition) is 2. The molecule has 4 amide bonds. The number of non-ortho nitro benzene ring substituents is 1. The van der Waals surface area contributed by atoms with Crippen LogP contribution >= 0.6 is 0 Å². The van der Waals surface area contributed by atoms with Gasteiger partial charge in [0.15, 0.2) is 0 Å². The van der Waals surface area contributed by atoms with E-state index in [1.165, 1.54) is 24.3 Å². The molecule has 0 aromatic heterocycles. The summed E-state index contributed by atoms with van der Waals surface area (Å²) in [6, 6.07) is 4.91. The van der Waals surface area contributed by atoms with Gasteiger partial charge in [0.1, 0.15) is 12.1 Å². The van der Waals surface area contributed by atoms with Gasteiger partial charge in [-0.15, -0.1) is 0 Å². The summed E-state index contributed by atoms with van der Waals surface area (Å²) in [5.41, 5.74) is -0.810. The van der Waals surface area contributed by atoms with Crippen molar-refractivity contribution in [2.45, 2.75) is 44.1 Å². The smallest absolute Gasteiger partial charge is 0.324 e. The molecule has 1 aliphatic heterocycles. The first-order chi connectivity index (χ1) is 12.4. The minimum Gasteiger partial charge on any atom is -0.324 e. The maximum absolute atomic E-state index is 12.8. The number of nitro groups is 1. The van der Waals surface area contributed by atoms with E-state index in [1.54, 1.807) is 0 Å². The molecule has 3 rings (SSSR count). The number of benzene rings is 1. The Morgan fingerprint density at radius 1 is 1.23 bits per heavy atom. The second-order valence-corrected chi connectivity index (χ2v) is 6.67. The van der Waals surface area contributed by atoms with Crippen molar-refractivity contribution in [1.29, 1.82) is 0 Å². The standard InChI is InChI=1S/C17H20N4O5/c22-14(18-12-6-5-7-13(10-12)21(25)26)11-20-15(23)17(19-16(20)24)8-3-1-2-4-9-17/h5-7,10H,1-4,8-9,11H2,(H,18,22)(H,19,24). The van der Waals surface area contributed by atoms with E-state index in [0.717, 1.165) is 30.6 Å².